The number of anilines is 2. The molecule has 5 aromatic rings. The summed E-state index contributed by atoms with van der Waals surface area (Å²) in [7, 11) is 1.55. The fraction of sp³-hybridized carbons (Fsp3) is 0.156. The summed E-state index contributed by atoms with van der Waals surface area (Å²) in [6.45, 7) is -0.230. The number of methoxy groups -OCH3 is 1. The molecule has 2 unspecified atom stereocenters. The first kappa shape index (κ1) is 27.1. The Kier molecular flexibility index (Phi) is 6.83. The Bertz CT molecular complexity index is 1950. The van der Waals surface area contributed by atoms with Crippen LogP contribution in [-0.4, -0.2) is 39.6 Å². The van der Waals surface area contributed by atoms with Gasteiger partial charge in [0, 0.05) is 28.9 Å². The number of aromatic nitrogens is 2. The highest BCUT2D eigenvalue weighted by molar-refractivity contribution is 8.00. The van der Waals surface area contributed by atoms with Crippen molar-refractivity contribution in [3.63, 3.8) is 0 Å². The van der Waals surface area contributed by atoms with E-state index in [2.05, 4.69) is 10.3 Å². The molecule has 0 spiro atoms. The molecular weight excluding hydrogens is 585 g/mol. The Morgan fingerprint density at radius 2 is 1.74 bits per heavy atom. The van der Waals surface area contributed by atoms with Gasteiger partial charge in [0.2, 0.25) is 17.7 Å². The molecule has 0 saturated carbocycles. The predicted molar refractivity (Wildman–Crippen MR) is 166 cm³/mol. The summed E-state index contributed by atoms with van der Waals surface area (Å²) in [6.07, 6.45) is 3.30. The second-order valence-electron chi connectivity index (χ2n) is 10.3. The molecule has 3 atom stereocenters. The van der Waals surface area contributed by atoms with Gasteiger partial charge in [0.25, 0.3) is 0 Å². The lowest BCUT2D eigenvalue weighted by Gasteiger charge is -2.30. The highest BCUT2D eigenvalue weighted by Gasteiger charge is 2.56. The highest BCUT2D eigenvalue weighted by atomic mass is 32.2. The van der Waals surface area contributed by atoms with Crippen molar-refractivity contribution in [3.05, 3.63) is 111 Å². The molecule has 2 aliphatic rings. The molecule has 0 aliphatic carbocycles. The fourth-order valence-corrected chi connectivity index (χ4v) is 8.54. The van der Waals surface area contributed by atoms with Gasteiger partial charge in [-0.25, -0.2) is 4.90 Å². The Balaban J connectivity index is 1.24. The van der Waals surface area contributed by atoms with E-state index < -0.39 is 17.1 Å². The van der Waals surface area contributed by atoms with Crippen LogP contribution < -0.4 is 19.8 Å². The molecule has 7 rings (SSSR count). The van der Waals surface area contributed by atoms with E-state index in [0.717, 1.165) is 27.7 Å². The minimum Gasteiger partial charge on any atom is -0.497 e. The third kappa shape index (κ3) is 4.70. The molecule has 1 saturated heterocycles. The zero-order valence-corrected chi connectivity index (χ0v) is 24.4. The quantitative estimate of drug-likeness (QED) is 0.273. The van der Waals surface area contributed by atoms with Gasteiger partial charge < -0.3 is 10.1 Å². The lowest BCUT2D eigenvalue weighted by atomic mass is 9.84. The van der Waals surface area contributed by atoms with Gasteiger partial charge in [-0.2, -0.15) is 0 Å². The number of nitrogens with one attached hydrogen (secondary N) is 1. The Morgan fingerprint density at radius 1 is 0.953 bits per heavy atom. The third-order valence-electron chi connectivity index (χ3n) is 7.76. The number of thioether (sulfide) groups is 1. The molecule has 1 fully saturated rings. The third-order valence-corrected chi connectivity index (χ3v) is 10.4. The highest BCUT2D eigenvalue weighted by Crippen LogP contribution is 2.53. The zero-order valence-electron chi connectivity index (χ0n) is 22.8. The topological polar surface area (TPSA) is 111 Å². The van der Waals surface area contributed by atoms with E-state index in [1.54, 1.807) is 49.8 Å². The molecule has 4 heterocycles. The van der Waals surface area contributed by atoms with Gasteiger partial charge in [0.1, 0.15) is 17.5 Å². The van der Waals surface area contributed by atoms with Gasteiger partial charge >= 0.3 is 4.87 Å². The Labute approximate surface area is 254 Å². The number of carbonyl (C=O) groups is 3. The maximum Gasteiger partial charge on any atom is 0.308 e. The van der Waals surface area contributed by atoms with E-state index in [-0.39, 0.29) is 29.1 Å². The maximum atomic E-state index is 14.0. The summed E-state index contributed by atoms with van der Waals surface area (Å²) >= 11 is 2.18. The SMILES string of the molecule is COc1ccc(N2C(=O)C3Sc4c(sc(=O)n4CC(=O)Nc4ccc5ccccc5c4)[C@H](c4cccnc4)C3C2=O)cc1. The van der Waals surface area contributed by atoms with Gasteiger partial charge in [0.15, 0.2) is 0 Å². The van der Waals surface area contributed by atoms with Crippen molar-refractivity contribution in [2.24, 2.45) is 5.92 Å². The second-order valence-corrected chi connectivity index (χ2v) is 12.4. The number of pyridine rings is 1. The van der Waals surface area contributed by atoms with Crippen molar-refractivity contribution in [2.75, 3.05) is 17.3 Å². The number of hydrogen-bond donors (Lipinski definition) is 1. The van der Waals surface area contributed by atoms with Crippen LogP contribution in [-0.2, 0) is 20.9 Å². The fourth-order valence-electron chi connectivity index (χ4n) is 5.77. The molecule has 3 aromatic carbocycles. The minimum atomic E-state index is -0.781. The molecule has 3 amide bonds. The van der Waals surface area contributed by atoms with E-state index in [1.807, 2.05) is 48.5 Å². The van der Waals surface area contributed by atoms with E-state index in [9.17, 15) is 19.2 Å². The van der Waals surface area contributed by atoms with Gasteiger partial charge in [-0.05, 0) is 58.8 Å². The van der Waals surface area contributed by atoms with Crippen LogP contribution in [0.3, 0.4) is 0 Å². The average Bonchev–Trinajstić information content (AvgIpc) is 3.47. The summed E-state index contributed by atoms with van der Waals surface area (Å²) in [4.78, 5) is 60.2. The van der Waals surface area contributed by atoms with Gasteiger partial charge in [0.05, 0.1) is 23.7 Å². The molecular formula is C32H24N4O5S2. The van der Waals surface area contributed by atoms with Gasteiger partial charge in [-0.1, -0.05) is 59.5 Å². The number of ether oxygens (including phenoxy) is 1. The van der Waals surface area contributed by atoms with E-state index in [1.165, 1.54) is 21.2 Å². The monoisotopic (exact) mass is 608 g/mol. The van der Waals surface area contributed by atoms with Crippen molar-refractivity contribution >= 4 is 63.0 Å². The summed E-state index contributed by atoms with van der Waals surface area (Å²) in [5, 5.41) is 4.67. The van der Waals surface area contributed by atoms with Gasteiger partial charge in [-0.3, -0.25) is 28.7 Å². The van der Waals surface area contributed by atoms with Crippen LogP contribution in [0, 0.1) is 5.92 Å². The number of amides is 3. The largest absolute Gasteiger partial charge is 0.497 e. The standard InChI is InChI=1S/C32H24N4O5S2/c1-41-23-12-10-22(11-13-23)36-29(38)26-25(20-7-4-14-33-16-20)28-31(42-27(26)30(36)39)35(32(40)43-28)17-24(37)34-21-9-8-18-5-2-3-6-19(18)15-21/h2-16,25-27H,17H2,1H3,(H,34,37)/t25-,26?,27?/m1/s1. The maximum absolute atomic E-state index is 14.0. The van der Waals surface area contributed by atoms with Gasteiger partial charge in [-0.15, -0.1) is 0 Å². The molecule has 43 heavy (non-hydrogen) atoms. The van der Waals surface area contributed by atoms with Crippen LogP contribution in [0.4, 0.5) is 11.4 Å². The van der Waals surface area contributed by atoms with Crippen LogP contribution in [0.15, 0.2) is 101 Å². The number of rotatable bonds is 6. The smallest absolute Gasteiger partial charge is 0.308 e. The Hall–Kier alpha value is -4.74. The molecule has 1 N–H and O–H groups in total. The van der Waals surface area contributed by atoms with E-state index in [4.69, 9.17) is 4.74 Å². The summed E-state index contributed by atoms with van der Waals surface area (Å²) < 4.78 is 6.65. The molecule has 9 nitrogen and oxygen atoms in total. The number of imide groups is 1. The lowest BCUT2D eigenvalue weighted by Crippen LogP contribution is -2.33. The first-order valence-electron chi connectivity index (χ1n) is 13.5. The van der Waals surface area contributed by atoms with Crippen LogP contribution in [0.2, 0.25) is 0 Å². The van der Waals surface area contributed by atoms with Crippen LogP contribution in [0.1, 0.15) is 16.4 Å². The lowest BCUT2D eigenvalue weighted by molar-refractivity contribution is -0.122. The summed E-state index contributed by atoms with van der Waals surface area (Å²) in [6, 6.07) is 23.8. The summed E-state index contributed by atoms with van der Waals surface area (Å²) in [5.74, 6) is -1.78. The van der Waals surface area contributed by atoms with Crippen molar-refractivity contribution in [1.82, 2.24) is 9.55 Å². The minimum absolute atomic E-state index is 0.230. The number of carbonyl (C=O) groups excluding carboxylic acids is 3. The molecule has 0 bridgehead atoms. The molecule has 2 aliphatic heterocycles. The summed E-state index contributed by atoms with van der Waals surface area (Å²) in [5.41, 5.74) is 1.80. The average molecular weight is 609 g/mol. The number of thiazole rings is 1. The van der Waals surface area contributed by atoms with Crippen molar-refractivity contribution in [2.45, 2.75) is 22.7 Å². The van der Waals surface area contributed by atoms with Crippen molar-refractivity contribution in [3.8, 4) is 5.75 Å². The number of hydrogen-bond acceptors (Lipinski definition) is 8. The van der Waals surface area contributed by atoms with Crippen LogP contribution in [0.5, 0.6) is 5.75 Å². The number of benzene rings is 3. The van der Waals surface area contributed by atoms with Crippen LogP contribution in [0.25, 0.3) is 10.8 Å². The van der Waals surface area contributed by atoms with E-state index >= 15 is 0 Å². The zero-order chi connectivity index (χ0) is 29.7. The molecule has 0 radical (unpaired) electrons. The molecule has 214 valence electrons. The molecule has 2 aromatic heterocycles. The first-order chi connectivity index (χ1) is 20.9. The van der Waals surface area contributed by atoms with Crippen molar-refractivity contribution < 1.29 is 19.1 Å². The predicted octanol–water partition coefficient (Wildman–Crippen LogP) is 4.90. The molecule has 11 heteroatoms. The van der Waals surface area contributed by atoms with Crippen molar-refractivity contribution in [1.29, 1.82) is 0 Å². The first-order valence-corrected chi connectivity index (χ1v) is 15.2. The normalized spacial score (nSPS) is 19.3. The Morgan fingerprint density at radius 3 is 2.49 bits per heavy atom. The number of fused-ring (bicyclic) bond motifs is 3. The second kappa shape index (κ2) is 10.8. The number of nitrogens with zero attached hydrogens (tertiary/aromatic N) is 3. The van der Waals surface area contributed by atoms with Crippen LogP contribution >= 0.6 is 23.1 Å². The van der Waals surface area contributed by atoms with E-state index in [0.29, 0.717) is 27.0 Å².